The van der Waals surface area contributed by atoms with Gasteiger partial charge in [-0.05, 0) is 38.3 Å². The number of hydrogen-bond donors (Lipinski definition) is 1. The molecule has 0 unspecified atom stereocenters. The first-order valence-electron chi connectivity index (χ1n) is 8.40. The summed E-state index contributed by atoms with van der Waals surface area (Å²) in [4.78, 5) is 9.66. The van der Waals surface area contributed by atoms with Crippen LogP contribution in [0.3, 0.4) is 0 Å². The molecule has 3 rings (SSSR count). The highest BCUT2D eigenvalue weighted by Gasteiger charge is 2.26. The van der Waals surface area contributed by atoms with Crippen molar-refractivity contribution in [3.63, 3.8) is 0 Å². The average Bonchev–Trinajstić information content (AvgIpc) is 3.31. The monoisotopic (exact) mass is 288 g/mol. The van der Waals surface area contributed by atoms with Gasteiger partial charge in [0.25, 0.3) is 0 Å². The quantitative estimate of drug-likeness (QED) is 0.868. The summed E-state index contributed by atoms with van der Waals surface area (Å²) in [5, 5.41) is 3.43. The molecule has 0 spiro atoms. The molecule has 2 aliphatic rings. The Labute approximate surface area is 128 Å². The Balaban J connectivity index is 1.63. The Morgan fingerprint density at radius 2 is 2.00 bits per heavy atom. The van der Waals surface area contributed by atoms with Crippen LogP contribution in [0.2, 0.25) is 0 Å². The third-order valence-electron chi connectivity index (χ3n) is 4.59. The first-order chi connectivity index (χ1) is 10.3. The van der Waals surface area contributed by atoms with Crippen molar-refractivity contribution in [3.05, 3.63) is 23.5 Å². The van der Waals surface area contributed by atoms with E-state index >= 15 is 0 Å². The fraction of sp³-hybridized carbons (Fsp3) is 0.706. The van der Waals surface area contributed by atoms with Crippen molar-refractivity contribution in [3.8, 4) is 0 Å². The molecule has 1 aromatic heterocycles. The Bertz CT molecular complexity index is 462. The van der Waals surface area contributed by atoms with E-state index in [0.29, 0.717) is 0 Å². The van der Waals surface area contributed by atoms with Crippen LogP contribution in [0.15, 0.2) is 12.3 Å². The molecule has 4 nitrogen and oxygen atoms in total. The Morgan fingerprint density at radius 1 is 1.24 bits per heavy atom. The summed E-state index contributed by atoms with van der Waals surface area (Å²) in [6.07, 6.45) is 4.96. The zero-order chi connectivity index (χ0) is 14.7. The molecule has 1 saturated heterocycles. The molecule has 4 heteroatoms. The van der Waals surface area contributed by atoms with Gasteiger partial charge in [0.1, 0.15) is 0 Å². The number of pyridine rings is 1. The lowest BCUT2D eigenvalue weighted by Crippen LogP contribution is -2.47. The van der Waals surface area contributed by atoms with Gasteiger partial charge in [-0.3, -0.25) is 9.88 Å². The molecule has 1 aliphatic carbocycles. The van der Waals surface area contributed by atoms with Crippen LogP contribution in [0.4, 0.5) is 5.69 Å². The van der Waals surface area contributed by atoms with Crippen molar-refractivity contribution in [1.29, 1.82) is 0 Å². The van der Waals surface area contributed by atoms with Gasteiger partial charge in [0.15, 0.2) is 0 Å². The molecule has 0 amide bonds. The highest BCUT2D eigenvalue weighted by atomic mass is 15.3. The lowest BCUT2D eigenvalue weighted by molar-refractivity contribution is 0.248. The Hall–Kier alpha value is -1.13. The van der Waals surface area contributed by atoms with E-state index in [-0.39, 0.29) is 0 Å². The molecule has 116 valence electrons. The maximum absolute atomic E-state index is 4.47. The van der Waals surface area contributed by atoms with Crippen LogP contribution in [0.5, 0.6) is 0 Å². The molecular formula is C17H28N4. The number of hydrogen-bond acceptors (Lipinski definition) is 4. The maximum atomic E-state index is 4.47. The lowest BCUT2D eigenvalue weighted by Gasteiger charge is -2.37. The van der Waals surface area contributed by atoms with Crippen LogP contribution in [-0.2, 0) is 6.54 Å². The number of aromatic nitrogens is 1. The van der Waals surface area contributed by atoms with Crippen LogP contribution in [0.1, 0.15) is 31.0 Å². The first kappa shape index (κ1) is 14.8. The van der Waals surface area contributed by atoms with Gasteiger partial charge < -0.3 is 10.2 Å². The summed E-state index contributed by atoms with van der Waals surface area (Å²) in [6.45, 7) is 12.2. The summed E-state index contributed by atoms with van der Waals surface area (Å²) >= 11 is 0. The number of anilines is 1. The van der Waals surface area contributed by atoms with Gasteiger partial charge in [0, 0.05) is 62.4 Å². The largest absolute Gasteiger partial charge is 0.369 e. The molecule has 1 aromatic rings. The predicted octanol–water partition coefficient (Wildman–Crippen LogP) is 2.03. The second-order valence-corrected chi connectivity index (χ2v) is 6.47. The van der Waals surface area contributed by atoms with Crippen molar-refractivity contribution in [2.45, 2.75) is 33.2 Å². The van der Waals surface area contributed by atoms with Crippen molar-refractivity contribution in [2.24, 2.45) is 5.92 Å². The number of nitrogens with one attached hydrogen (secondary N) is 1. The molecule has 2 fully saturated rings. The van der Waals surface area contributed by atoms with E-state index in [1.807, 2.05) is 6.20 Å². The van der Waals surface area contributed by atoms with E-state index in [1.165, 1.54) is 43.7 Å². The molecule has 0 atom stereocenters. The highest BCUT2D eigenvalue weighted by molar-refractivity contribution is 5.54. The minimum atomic E-state index is 0.918. The smallest absolute Gasteiger partial charge is 0.0446 e. The Kier molecular flexibility index (Phi) is 4.76. The fourth-order valence-electron chi connectivity index (χ4n) is 3.10. The SMILES string of the molecule is CCNCc1cnc(C)cc1N1CCN(CC2CC2)CC1. The molecular weight excluding hydrogens is 260 g/mol. The van der Waals surface area contributed by atoms with Crippen LogP contribution in [-0.4, -0.2) is 49.2 Å². The third kappa shape index (κ3) is 3.95. The molecule has 21 heavy (non-hydrogen) atoms. The predicted molar refractivity (Wildman–Crippen MR) is 87.7 cm³/mol. The van der Waals surface area contributed by atoms with Gasteiger partial charge in [-0.25, -0.2) is 0 Å². The van der Waals surface area contributed by atoms with E-state index in [0.717, 1.165) is 37.8 Å². The van der Waals surface area contributed by atoms with Gasteiger partial charge >= 0.3 is 0 Å². The van der Waals surface area contributed by atoms with Gasteiger partial charge in [-0.15, -0.1) is 0 Å². The normalized spacial score (nSPS) is 20.0. The molecule has 1 aliphatic heterocycles. The minimum Gasteiger partial charge on any atom is -0.369 e. The summed E-state index contributed by atoms with van der Waals surface area (Å²) < 4.78 is 0. The molecule has 0 aromatic carbocycles. The van der Waals surface area contributed by atoms with Gasteiger partial charge in [0.2, 0.25) is 0 Å². The zero-order valence-electron chi connectivity index (χ0n) is 13.4. The van der Waals surface area contributed by atoms with E-state index in [4.69, 9.17) is 0 Å². The maximum Gasteiger partial charge on any atom is 0.0446 e. The third-order valence-corrected chi connectivity index (χ3v) is 4.59. The first-order valence-corrected chi connectivity index (χ1v) is 8.40. The number of rotatable bonds is 6. The summed E-state index contributed by atoms with van der Waals surface area (Å²) in [6, 6.07) is 2.25. The lowest BCUT2D eigenvalue weighted by atomic mass is 10.1. The summed E-state index contributed by atoms with van der Waals surface area (Å²) in [5.74, 6) is 1.00. The standard InChI is InChI=1S/C17H28N4/c1-3-18-11-16-12-19-14(2)10-17(16)21-8-6-20(7-9-21)13-15-4-5-15/h10,12,15,18H,3-9,11,13H2,1-2H3. The summed E-state index contributed by atoms with van der Waals surface area (Å²) in [5.41, 5.74) is 3.83. The van der Waals surface area contributed by atoms with Crippen molar-refractivity contribution < 1.29 is 0 Å². The van der Waals surface area contributed by atoms with Crippen molar-refractivity contribution >= 4 is 5.69 Å². The van der Waals surface area contributed by atoms with Crippen LogP contribution in [0.25, 0.3) is 0 Å². The minimum absolute atomic E-state index is 0.918. The van der Waals surface area contributed by atoms with E-state index in [2.05, 4.69) is 40.0 Å². The van der Waals surface area contributed by atoms with E-state index < -0.39 is 0 Å². The topological polar surface area (TPSA) is 31.4 Å². The highest BCUT2D eigenvalue weighted by Crippen LogP contribution is 2.30. The van der Waals surface area contributed by atoms with Crippen LogP contribution in [0, 0.1) is 12.8 Å². The molecule has 1 saturated carbocycles. The Morgan fingerprint density at radius 3 is 2.67 bits per heavy atom. The molecule has 1 N–H and O–H groups in total. The van der Waals surface area contributed by atoms with E-state index in [1.54, 1.807) is 0 Å². The number of aryl methyl sites for hydroxylation is 1. The van der Waals surface area contributed by atoms with Crippen molar-refractivity contribution in [2.75, 3.05) is 44.2 Å². The van der Waals surface area contributed by atoms with E-state index in [9.17, 15) is 0 Å². The second kappa shape index (κ2) is 6.75. The average molecular weight is 288 g/mol. The zero-order valence-corrected chi connectivity index (χ0v) is 13.4. The molecule has 0 bridgehead atoms. The number of piperazine rings is 1. The van der Waals surface area contributed by atoms with Gasteiger partial charge in [-0.1, -0.05) is 6.92 Å². The second-order valence-electron chi connectivity index (χ2n) is 6.47. The van der Waals surface area contributed by atoms with Gasteiger partial charge in [-0.2, -0.15) is 0 Å². The fourth-order valence-corrected chi connectivity index (χ4v) is 3.10. The van der Waals surface area contributed by atoms with Crippen LogP contribution < -0.4 is 10.2 Å². The van der Waals surface area contributed by atoms with Gasteiger partial charge in [0.05, 0.1) is 0 Å². The van der Waals surface area contributed by atoms with Crippen molar-refractivity contribution in [1.82, 2.24) is 15.2 Å². The number of nitrogens with zero attached hydrogens (tertiary/aromatic N) is 3. The summed E-state index contributed by atoms with van der Waals surface area (Å²) in [7, 11) is 0. The molecule has 2 heterocycles. The van der Waals surface area contributed by atoms with Crippen LogP contribution >= 0.6 is 0 Å². The molecule has 0 radical (unpaired) electrons.